The third kappa shape index (κ3) is 1.92. The molecule has 0 spiro atoms. The summed E-state index contributed by atoms with van der Waals surface area (Å²) in [7, 11) is 0. The molecule has 0 radical (unpaired) electrons. The van der Waals surface area contributed by atoms with E-state index in [0.29, 0.717) is 5.78 Å². The summed E-state index contributed by atoms with van der Waals surface area (Å²) >= 11 is 0. The van der Waals surface area contributed by atoms with Gasteiger partial charge in [0, 0.05) is 12.8 Å². The van der Waals surface area contributed by atoms with Crippen LogP contribution in [0.15, 0.2) is 11.6 Å². The molecule has 0 unspecified atom stereocenters. The normalized spacial score (nSPS) is 25.5. The molecular formula is C10H14O. The van der Waals surface area contributed by atoms with Crippen LogP contribution < -0.4 is 0 Å². The number of rotatable bonds is 1. The summed E-state index contributed by atoms with van der Waals surface area (Å²) in [6.07, 6.45) is 8.89. The van der Waals surface area contributed by atoms with E-state index < -0.39 is 0 Å². The Balaban J connectivity index is 1.90. The molecule has 60 valence electrons. The van der Waals surface area contributed by atoms with Crippen molar-refractivity contribution in [1.29, 1.82) is 0 Å². The molecule has 0 amide bonds. The monoisotopic (exact) mass is 150 g/mol. The fourth-order valence-electron chi connectivity index (χ4n) is 1.61. The molecule has 2 aliphatic carbocycles. The van der Waals surface area contributed by atoms with Crippen LogP contribution in [0.5, 0.6) is 0 Å². The smallest absolute Gasteiger partial charge is 0.133 e. The maximum absolute atomic E-state index is 10.9. The lowest BCUT2D eigenvalue weighted by molar-refractivity contribution is -0.119. The van der Waals surface area contributed by atoms with E-state index in [4.69, 9.17) is 0 Å². The molecule has 1 nitrogen and oxygen atoms in total. The standard InChI is InChI=1S/C10H14O/c11-10-5-3-9(4-6-10)7-8-1-2-8/h7-8H,1-6H2. The Morgan fingerprint density at radius 3 is 2.27 bits per heavy atom. The van der Waals surface area contributed by atoms with Crippen LogP contribution in [0, 0.1) is 5.92 Å². The molecule has 0 aromatic heterocycles. The molecule has 0 aliphatic heterocycles. The van der Waals surface area contributed by atoms with Crippen molar-refractivity contribution >= 4 is 5.78 Å². The minimum Gasteiger partial charge on any atom is -0.300 e. The van der Waals surface area contributed by atoms with Crippen molar-refractivity contribution in [2.75, 3.05) is 0 Å². The fraction of sp³-hybridized carbons (Fsp3) is 0.700. The zero-order valence-corrected chi connectivity index (χ0v) is 6.81. The quantitative estimate of drug-likeness (QED) is 0.525. The first-order chi connectivity index (χ1) is 5.34. The van der Waals surface area contributed by atoms with Gasteiger partial charge in [-0.2, -0.15) is 0 Å². The van der Waals surface area contributed by atoms with Crippen molar-refractivity contribution in [3.63, 3.8) is 0 Å². The van der Waals surface area contributed by atoms with Gasteiger partial charge < -0.3 is 0 Å². The highest BCUT2D eigenvalue weighted by Crippen LogP contribution is 2.34. The summed E-state index contributed by atoms with van der Waals surface area (Å²) in [6, 6.07) is 0. The zero-order chi connectivity index (χ0) is 7.68. The molecule has 11 heavy (non-hydrogen) atoms. The summed E-state index contributed by atoms with van der Waals surface area (Å²) in [6.45, 7) is 0. The van der Waals surface area contributed by atoms with E-state index >= 15 is 0 Å². The highest BCUT2D eigenvalue weighted by molar-refractivity contribution is 5.80. The fourth-order valence-corrected chi connectivity index (χ4v) is 1.61. The van der Waals surface area contributed by atoms with Crippen LogP contribution in [0.1, 0.15) is 38.5 Å². The Morgan fingerprint density at radius 2 is 1.73 bits per heavy atom. The highest BCUT2D eigenvalue weighted by atomic mass is 16.1. The van der Waals surface area contributed by atoms with Gasteiger partial charge in [0.15, 0.2) is 0 Å². The molecule has 0 aromatic carbocycles. The van der Waals surface area contributed by atoms with Crippen LogP contribution in [-0.2, 0) is 4.79 Å². The molecule has 0 atom stereocenters. The Morgan fingerprint density at radius 1 is 1.09 bits per heavy atom. The lowest BCUT2D eigenvalue weighted by Crippen LogP contribution is -2.05. The second kappa shape index (κ2) is 2.80. The van der Waals surface area contributed by atoms with Crippen LogP contribution in [0.25, 0.3) is 0 Å². The highest BCUT2D eigenvalue weighted by Gasteiger charge is 2.20. The van der Waals surface area contributed by atoms with Crippen LogP contribution >= 0.6 is 0 Å². The van der Waals surface area contributed by atoms with E-state index in [1.807, 2.05) is 0 Å². The van der Waals surface area contributed by atoms with Gasteiger partial charge in [-0.25, -0.2) is 0 Å². The number of hydrogen-bond donors (Lipinski definition) is 0. The number of carbonyl (C=O) groups excluding carboxylic acids is 1. The van der Waals surface area contributed by atoms with Crippen molar-refractivity contribution in [3.05, 3.63) is 11.6 Å². The van der Waals surface area contributed by atoms with Crippen LogP contribution in [0.2, 0.25) is 0 Å². The van der Waals surface area contributed by atoms with Gasteiger partial charge in [-0.3, -0.25) is 4.79 Å². The molecular weight excluding hydrogens is 136 g/mol. The third-order valence-electron chi connectivity index (χ3n) is 2.54. The van der Waals surface area contributed by atoms with Crippen molar-refractivity contribution < 1.29 is 4.79 Å². The third-order valence-corrected chi connectivity index (χ3v) is 2.54. The van der Waals surface area contributed by atoms with Gasteiger partial charge in [0.1, 0.15) is 5.78 Å². The summed E-state index contributed by atoms with van der Waals surface area (Å²) in [5, 5.41) is 0. The summed E-state index contributed by atoms with van der Waals surface area (Å²) in [4.78, 5) is 10.9. The number of allylic oxidation sites excluding steroid dienone is 2. The molecule has 2 aliphatic rings. The van der Waals surface area contributed by atoms with E-state index in [9.17, 15) is 4.79 Å². The van der Waals surface area contributed by atoms with Crippen molar-refractivity contribution in [2.24, 2.45) is 5.92 Å². The summed E-state index contributed by atoms with van der Waals surface area (Å²) in [5.74, 6) is 1.34. The minimum absolute atomic E-state index is 0.456. The number of hydrogen-bond acceptors (Lipinski definition) is 1. The van der Waals surface area contributed by atoms with Gasteiger partial charge in [0.2, 0.25) is 0 Å². The summed E-state index contributed by atoms with van der Waals surface area (Å²) < 4.78 is 0. The average Bonchev–Trinajstić information content (AvgIpc) is 2.78. The van der Waals surface area contributed by atoms with Gasteiger partial charge in [-0.05, 0) is 31.6 Å². The topological polar surface area (TPSA) is 17.1 Å². The SMILES string of the molecule is O=C1CCC(=CC2CC2)CC1. The Bertz CT molecular complexity index is 187. The minimum atomic E-state index is 0.456. The van der Waals surface area contributed by atoms with Gasteiger partial charge in [0.25, 0.3) is 0 Å². The molecule has 2 fully saturated rings. The molecule has 0 heterocycles. The largest absolute Gasteiger partial charge is 0.300 e. The lowest BCUT2D eigenvalue weighted by atomic mass is 9.93. The number of ketones is 1. The van der Waals surface area contributed by atoms with Crippen LogP contribution in [0.4, 0.5) is 0 Å². The Kier molecular flexibility index (Phi) is 1.80. The van der Waals surface area contributed by atoms with Crippen LogP contribution in [-0.4, -0.2) is 5.78 Å². The van der Waals surface area contributed by atoms with E-state index in [2.05, 4.69) is 6.08 Å². The first-order valence-electron chi connectivity index (χ1n) is 4.56. The molecule has 0 saturated heterocycles. The predicted octanol–water partition coefficient (Wildman–Crippen LogP) is 2.47. The van der Waals surface area contributed by atoms with Crippen molar-refractivity contribution in [3.8, 4) is 0 Å². The van der Waals surface area contributed by atoms with E-state index in [1.54, 1.807) is 5.57 Å². The van der Waals surface area contributed by atoms with Crippen molar-refractivity contribution in [1.82, 2.24) is 0 Å². The van der Waals surface area contributed by atoms with E-state index in [-0.39, 0.29) is 0 Å². The average molecular weight is 150 g/mol. The Labute approximate surface area is 67.5 Å². The number of Topliss-reactive ketones (excluding diaryl/α,β-unsaturated/α-hetero) is 1. The van der Waals surface area contributed by atoms with Gasteiger partial charge >= 0.3 is 0 Å². The zero-order valence-electron chi connectivity index (χ0n) is 6.81. The first-order valence-corrected chi connectivity index (χ1v) is 4.56. The molecule has 0 bridgehead atoms. The molecule has 1 heteroatoms. The Hall–Kier alpha value is -0.590. The van der Waals surface area contributed by atoms with Gasteiger partial charge in [-0.1, -0.05) is 11.6 Å². The van der Waals surface area contributed by atoms with Gasteiger partial charge in [-0.15, -0.1) is 0 Å². The maximum Gasteiger partial charge on any atom is 0.133 e. The van der Waals surface area contributed by atoms with Gasteiger partial charge in [0.05, 0.1) is 0 Å². The first kappa shape index (κ1) is 7.08. The molecule has 2 rings (SSSR count). The second-order valence-electron chi connectivity index (χ2n) is 3.70. The maximum atomic E-state index is 10.9. The van der Waals surface area contributed by atoms with Crippen molar-refractivity contribution in [2.45, 2.75) is 38.5 Å². The predicted molar refractivity (Wildman–Crippen MR) is 44.3 cm³/mol. The lowest BCUT2D eigenvalue weighted by Gasteiger charge is -2.12. The van der Waals surface area contributed by atoms with E-state index in [0.717, 1.165) is 31.6 Å². The molecule has 2 saturated carbocycles. The van der Waals surface area contributed by atoms with E-state index in [1.165, 1.54) is 12.8 Å². The van der Waals surface area contributed by atoms with Crippen LogP contribution in [0.3, 0.4) is 0 Å². The summed E-state index contributed by atoms with van der Waals surface area (Å²) in [5.41, 5.74) is 1.55. The second-order valence-corrected chi connectivity index (χ2v) is 3.70. The molecule has 0 aromatic rings. The molecule has 0 N–H and O–H groups in total. The number of carbonyl (C=O) groups is 1.